The van der Waals surface area contributed by atoms with Crippen LogP contribution < -0.4 is 10.1 Å². The Morgan fingerprint density at radius 2 is 2.00 bits per heavy atom. The molecule has 2 heterocycles. The first kappa shape index (κ1) is 17.1. The summed E-state index contributed by atoms with van der Waals surface area (Å²) in [5, 5.41) is 3.82. The number of nitrogens with zero attached hydrogens (tertiary/aromatic N) is 1. The fourth-order valence-corrected chi connectivity index (χ4v) is 3.38. The van der Waals surface area contributed by atoms with E-state index in [9.17, 15) is 9.59 Å². The fraction of sp³-hybridized carbons (Fsp3) is 0.238. The van der Waals surface area contributed by atoms with Crippen molar-refractivity contribution in [3.63, 3.8) is 0 Å². The second-order valence-corrected chi connectivity index (χ2v) is 6.75. The molecule has 2 amide bonds. The smallest absolute Gasteiger partial charge is 0.251 e. The largest absolute Gasteiger partial charge is 0.497 e. The van der Waals surface area contributed by atoms with E-state index >= 15 is 0 Å². The lowest BCUT2D eigenvalue weighted by Gasteiger charge is -2.37. The summed E-state index contributed by atoms with van der Waals surface area (Å²) in [7, 11) is 1.61. The number of hydrogen-bond acceptors (Lipinski definition) is 3. The molecule has 3 aromatic rings. The Bertz CT molecular complexity index is 1010. The number of hydrogen-bond donors (Lipinski definition) is 2. The van der Waals surface area contributed by atoms with Crippen LogP contribution in [0.1, 0.15) is 23.6 Å². The Balaban J connectivity index is 1.72. The molecule has 138 valence electrons. The van der Waals surface area contributed by atoms with Crippen LogP contribution in [0.2, 0.25) is 0 Å². The van der Waals surface area contributed by atoms with Crippen molar-refractivity contribution in [1.82, 2.24) is 9.88 Å². The summed E-state index contributed by atoms with van der Waals surface area (Å²) >= 11 is 0. The molecule has 1 atom stereocenters. The van der Waals surface area contributed by atoms with Crippen molar-refractivity contribution < 1.29 is 14.3 Å². The first-order chi connectivity index (χ1) is 13.1. The zero-order chi connectivity index (χ0) is 19.0. The number of carbonyl (C=O) groups excluding carboxylic acids is 2. The minimum absolute atomic E-state index is 0.0173. The highest BCUT2D eigenvalue weighted by molar-refractivity contribution is 6.02. The Labute approximate surface area is 157 Å². The molecule has 1 aliphatic rings. The number of amides is 2. The van der Waals surface area contributed by atoms with E-state index in [1.165, 1.54) is 0 Å². The summed E-state index contributed by atoms with van der Waals surface area (Å²) in [6.45, 7) is 2.56. The highest BCUT2D eigenvalue weighted by Gasteiger charge is 2.38. The van der Waals surface area contributed by atoms with Crippen LogP contribution in [0.15, 0.2) is 48.7 Å². The molecule has 0 bridgehead atoms. The quantitative estimate of drug-likeness (QED) is 0.682. The van der Waals surface area contributed by atoms with E-state index in [0.717, 1.165) is 22.0 Å². The number of benzene rings is 2. The molecular weight excluding hydrogens is 342 g/mol. The number of anilines is 1. The van der Waals surface area contributed by atoms with Crippen molar-refractivity contribution in [3.8, 4) is 5.75 Å². The van der Waals surface area contributed by atoms with Crippen molar-refractivity contribution in [3.05, 3.63) is 59.8 Å². The van der Waals surface area contributed by atoms with Gasteiger partial charge in [0.15, 0.2) is 0 Å². The minimum atomic E-state index is -0.687. The summed E-state index contributed by atoms with van der Waals surface area (Å²) in [6, 6.07) is 12.6. The second-order valence-electron chi connectivity index (χ2n) is 6.75. The molecule has 1 fully saturated rings. The average Bonchev–Trinajstić information content (AvgIpc) is 3.09. The second kappa shape index (κ2) is 6.79. The van der Waals surface area contributed by atoms with Gasteiger partial charge in [0.05, 0.1) is 7.11 Å². The van der Waals surface area contributed by atoms with Crippen molar-refractivity contribution in [2.24, 2.45) is 0 Å². The van der Waals surface area contributed by atoms with Crippen molar-refractivity contribution in [2.45, 2.75) is 19.4 Å². The van der Waals surface area contributed by atoms with Gasteiger partial charge in [-0.25, -0.2) is 0 Å². The lowest BCUT2D eigenvalue weighted by molar-refractivity contribution is -0.147. The third-order valence-corrected chi connectivity index (χ3v) is 4.98. The Morgan fingerprint density at radius 3 is 2.63 bits per heavy atom. The van der Waals surface area contributed by atoms with Crippen LogP contribution >= 0.6 is 0 Å². The zero-order valence-electron chi connectivity index (χ0n) is 15.3. The summed E-state index contributed by atoms with van der Waals surface area (Å²) < 4.78 is 5.32. The number of aromatic amines is 1. The minimum Gasteiger partial charge on any atom is -0.497 e. The van der Waals surface area contributed by atoms with Crippen molar-refractivity contribution >= 4 is 28.4 Å². The van der Waals surface area contributed by atoms with Crippen LogP contribution in [0, 0.1) is 6.92 Å². The third-order valence-electron chi connectivity index (χ3n) is 4.98. The SMILES string of the molecule is COc1ccc2[nH]cc([C@H](C(=O)Nc3ccc(C)cc3)N3CCC3=O)c2c1. The molecule has 0 radical (unpaired) electrons. The van der Waals surface area contributed by atoms with Gasteiger partial charge in [0, 0.05) is 41.3 Å². The Hall–Kier alpha value is -3.28. The van der Waals surface area contributed by atoms with Crippen molar-refractivity contribution in [2.75, 3.05) is 19.0 Å². The van der Waals surface area contributed by atoms with Crippen LogP contribution in [0.4, 0.5) is 5.69 Å². The average molecular weight is 363 g/mol. The molecule has 27 heavy (non-hydrogen) atoms. The van der Waals surface area contributed by atoms with Crippen LogP contribution in [-0.4, -0.2) is 35.4 Å². The van der Waals surface area contributed by atoms with E-state index in [-0.39, 0.29) is 11.8 Å². The Morgan fingerprint density at radius 1 is 1.22 bits per heavy atom. The summed E-state index contributed by atoms with van der Waals surface area (Å²) in [4.78, 5) is 30.1. The van der Waals surface area contributed by atoms with Crippen LogP contribution in [0.25, 0.3) is 10.9 Å². The molecular formula is C21H21N3O3. The van der Waals surface area contributed by atoms with E-state index in [1.54, 1.807) is 18.2 Å². The highest BCUT2D eigenvalue weighted by atomic mass is 16.5. The molecule has 0 saturated carbocycles. The molecule has 4 rings (SSSR count). The number of methoxy groups -OCH3 is 1. The summed E-state index contributed by atoms with van der Waals surface area (Å²) in [6.07, 6.45) is 2.27. The molecule has 2 N–H and O–H groups in total. The Kier molecular flexibility index (Phi) is 4.32. The molecule has 1 saturated heterocycles. The predicted molar refractivity (Wildman–Crippen MR) is 104 cm³/mol. The standard InChI is InChI=1S/C21H21N3O3/c1-13-3-5-14(6-4-13)23-21(26)20(24-10-9-19(24)25)17-12-22-18-8-7-15(27-2)11-16(17)18/h3-8,11-12,20,22H,9-10H2,1-2H3,(H,23,26)/t20-/m1/s1. The van der Waals surface area contributed by atoms with Crippen LogP contribution in [0.5, 0.6) is 5.75 Å². The predicted octanol–water partition coefficient (Wildman–Crippen LogP) is 3.40. The van der Waals surface area contributed by atoms with Gasteiger partial charge in [-0.1, -0.05) is 17.7 Å². The number of fused-ring (bicyclic) bond motifs is 1. The van der Waals surface area contributed by atoms with Gasteiger partial charge in [-0.05, 0) is 37.3 Å². The van der Waals surface area contributed by atoms with E-state index in [1.807, 2.05) is 49.4 Å². The molecule has 0 aliphatic carbocycles. The molecule has 2 aromatic carbocycles. The van der Waals surface area contributed by atoms with E-state index < -0.39 is 6.04 Å². The monoisotopic (exact) mass is 363 g/mol. The normalized spacial score (nSPS) is 14.7. The number of nitrogens with one attached hydrogen (secondary N) is 2. The maximum Gasteiger partial charge on any atom is 0.251 e. The van der Waals surface area contributed by atoms with Gasteiger partial charge in [-0.15, -0.1) is 0 Å². The van der Waals surface area contributed by atoms with Gasteiger partial charge in [0.25, 0.3) is 5.91 Å². The van der Waals surface area contributed by atoms with Gasteiger partial charge in [0.1, 0.15) is 11.8 Å². The number of likely N-dealkylation sites (tertiary alicyclic amines) is 1. The van der Waals surface area contributed by atoms with E-state index in [0.29, 0.717) is 24.4 Å². The van der Waals surface area contributed by atoms with E-state index in [4.69, 9.17) is 4.74 Å². The first-order valence-corrected chi connectivity index (χ1v) is 8.89. The summed E-state index contributed by atoms with van der Waals surface area (Å²) in [5.74, 6) is 0.461. The number of rotatable bonds is 5. The van der Waals surface area contributed by atoms with Crippen molar-refractivity contribution in [1.29, 1.82) is 0 Å². The lowest BCUT2D eigenvalue weighted by Crippen LogP contribution is -2.49. The van der Waals surface area contributed by atoms with Crippen LogP contribution in [-0.2, 0) is 9.59 Å². The summed E-state index contributed by atoms with van der Waals surface area (Å²) in [5.41, 5.74) is 3.49. The molecule has 1 aromatic heterocycles. The third kappa shape index (κ3) is 3.14. The fourth-order valence-electron chi connectivity index (χ4n) is 3.38. The number of ether oxygens (including phenoxy) is 1. The number of β-lactam (4-membered cyclic amide) rings is 1. The number of H-pyrrole nitrogens is 1. The first-order valence-electron chi connectivity index (χ1n) is 8.89. The number of aryl methyl sites for hydroxylation is 1. The number of carbonyl (C=O) groups is 2. The van der Waals surface area contributed by atoms with Crippen LogP contribution in [0.3, 0.4) is 0 Å². The maximum atomic E-state index is 13.1. The van der Waals surface area contributed by atoms with E-state index in [2.05, 4.69) is 10.3 Å². The molecule has 6 nitrogen and oxygen atoms in total. The lowest BCUT2D eigenvalue weighted by atomic mass is 9.99. The van der Waals surface area contributed by atoms with Gasteiger partial charge >= 0.3 is 0 Å². The molecule has 0 unspecified atom stereocenters. The molecule has 1 aliphatic heterocycles. The van der Waals surface area contributed by atoms with Gasteiger partial charge in [0.2, 0.25) is 5.91 Å². The molecule has 6 heteroatoms. The topological polar surface area (TPSA) is 74.4 Å². The van der Waals surface area contributed by atoms with Gasteiger partial charge in [-0.2, -0.15) is 0 Å². The number of aromatic nitrogens is 1. The zero-order valence-corrected chi connectivity index (χ0v) is 15.3. The van der Waals surface area contributed by atoms with Gasteiger partial charge in [-0.3, -0.25) is 9.59 Å². The highest BCUT2D eigenvalue weighted by Crippen LogP contribution is 2.34. The maximum absolute atomic E-state index is 13.1. The van der Waals surface area contributed by atoms with Gasteiger partial charge < -0.3 is 19.9 Å². The molecule has 0 spiro atoms.